The largest absolute Gasteiger partial charge is 0.497 e. The number of nitro benzene ring substituents is 1. The normalized spacial score (nSPS) is 11.9. The molecule has 0 saturated heterocycles. The van der Waals surface area contributed by atoms with Crippen LogP contribution in [0.25, 0.3) is 6.08 Å². The number of benzene rings is 2. The smallest absolute Gasteiger partial charge is 0.331 e. The van der Waals surface area contributed by atoms with Crippen molar-refractivity contribution in [2.45, 2.75) is 0 Å². The first kappa shape index (κ1) is 19.7. The fraction of sp³-hybridized carbons (Fsp3) is 0.158. The lowest BCUT2D eigenvalue weighted by Crippen LogP contribution is -2.20. The zero-order valence-electron chi connectivity index (χ0n) is 15.2. The average molecular weight is 400 g/mol. The maximum atomic E-state index is 11.9. The minimum absolute atomic E-state index is 0.0367. The van der Waals surface area contributed by atoms with Gasteiger partial charge in [0.05, 0.1) is 23.7 Å². The molecule has 29 heavy (non-hydrogen) atoms. The molecule has 1 aliphatic rings. The Balaban J connectivity index is 1.57. The second-order valence-electron chi connectivity index (χ2n) is 5.74. The number of anilines is 1. The van der Waals surface area contributed by atoms with Crippen molar-refractivity contribution in [1.82, 2.24) is 0 Å². The van der Waals surface area contributed by atoms with Gasteiger partial charge in [-0.05, 0) is 36.4 Å². The summed E-state index contributed by atoms with van der Waals surface area (Å²) in [7, 11) is 1.53. The molecule has 0 atom stereocenters. The van der Waals surface area contributed by atoms with E-state index in [-0.39, 0.29) is 23.8 Å². The molecule has 10 nitrogen and oxygen atoms in total. The maximum Gasteiger partial charge on any atom is 0.331 e. The highest BCUT2D eigenvalue weighted by Crippen LogP contribution is 2.38. The van der Waals surface area contributed by atoms with E-state index >= 15 is 0 Å². The summed E-state index contributed by atoms with van der Waals surface area (Å²) in [5, 5.41) is 13.8. The van der Waals surface area contributed by atoms with Crippen LogP contribution in [-0.2, 0) is 14.3 Å². The topological polar surface area (TPSA) is 126 Å². The summed E-state index contributed by atoms with van der Waals surface area (Å²) in [6.45, 7) is -0.552. The number of amides is 1. The molecule has 0 bridgehead atoms. The number of hydrogen-bond acceptors (Lipinski definition) is 8. The molecule has 1 amide bonds. The van der Waals surface area contributed by atoms with Gasteiger partial charge in [-0.1, -0.05) is 0 Å². The molecular formula is C19H16N2O8. The molecule has 0 unspecified atom stereocenters. The number of ether oxygens (including phenoxy) is 4. The van der Waals surface area contributed by atoms with Crippen molar-refractivity contribution in [2.24, 2.45) is 0 Å². The Morgan fingerprint density at radius 3 is 2.55 bits per heavy atom. The van der Waals surface area contributed by atoms with E-state index in [0.29, 0.717) is 17.2 Å². The highest BCUT2D eigenvalue weighted by atomic mass is 16.7. The lowest BCUT2D eigenvalue weighted by atomic mass is 10.1. The molecular weight excluding hydrogens is 384 g/mol. The van der Waals surface area contributed by atoms with E-state index in [1.807, 2.05) is 0 Å². The summed E-state index contributed by atoms with van der Waals surface area (Å²) in [6.07, 6.45) is 2.20. The first-order valence-electron chi connectivity index (χ1n) is 8.33. The van der Waals surface area contributed by atoms with Gasteiger partial charge in [0.15, 0.2) is 18.1 Å². The van der Waals surface area contributed by atoms with E-state index in [9.17, 15) is 19.7 Å². The molecule has 3 rings (SSSR count). The zero-order chi connectivity index (χ0) is 20.8. The van der Waals surface area contributed by atoms with Crippen molar-refractivity contribution >= 4 is 29.3 Å². The van der Waals surface area contributed by atoms with Crippen LogP contribution in [0.3, 0.4) is 0 Å². The molecule has 0 spiro atoms. The number of carbonyl (C=O) groups is 2. The molecule has 0 saturated carbocycles. The molecule has 0 aromatic heterocycles. The van der Waals surface area contributed by atoms with E-state index < -0.39 is 23.4 Å². The standard InChI is InChI=1S/C19H16N2O8/c1-26-14-5-3-13(4-6-14)20-18(22)10-27-19(23)7-2-12-8-16-17(29-11-28-16)9-15(12)21(24)25/h2-9H,10-11H2,1H3,(H,20,22)/b7-2+. The minimum atomic E-state index is -0.832. The van der Waals surface area contributed by atoms with Crippen LogP contribution in [0.2, 0.25) is 0 Å². The van der Waals surface area contributed by atoms with Gasteiger partial charge in [0.1, 0.15) is 5.75 Å². The number of esters is 1. The number of nitrogens with one attached hydrogen (secondary N) is 1. The molecule has 2 aromatic rings. The monoisotopic (exact) mass is 400 g/mol. The number of rotatable bonds is 7. The molecule has 0 radical (unpaired) electrons. The summed E-state index contributed by atoms with van der Waals surface area (Å²) >= 11 is 0. The van der Waals surface area contributed by atoms with Gasteiger partial charge in [-0.3, -0.25) is 14.9 Å². The quantitative estimate of drug-likeness (QED) is 0.325. The lowest BCUT2D eigenvalue weighted by molar-refractivity contribution is -0.385. The van der Waals surface area contributed by atoms with E-state index in [4.69, 9.17) is 18.9 Å². The number of nitro groups is 1. The molecule has 1 aliphatic heterocycles. The van der Waals surface area contributed by atoms with Gasteiger partial charge in [-0.2, -0.15) is 0 Å². The van der Waals surface area contributed by atoms with Crippen LogP contribution in [-0.4, -0.2) is 37.3 Å². The van der Waals surface area contributed by atoms with Gasteiger partial charge in [-0.25, -0.2) is 4.79 Å². The minimum Gasteiger partial charge on any atom is -0.497 e. The molecule has 150 valence electrons. The predicted octanol–water partition coefficient (Wildman–Crippen LogP) is 2.53. The van der Waals surface area contributed by atoms with Crippen molar-refractivity contribution in [3.05, 3.63) is 58.2 Å². The van der Waals surface area contributed by atoms with Gasteiger partial charge in [0.25, 0.3) is 11.6 Å². The van der Waals surface area contributed by atoms with Gasteiger partial charge >= 0.3 is 5.97 Å². The fourth-order valence-electron chi connectivity index (χ4n) is 2.45. The first-order valence-corrected chi connectivity index (χ1v) is 8.33. The molecule has 10 heteroatoms. The third-order valence-electron chi connectivity index (χ3n) is 3.84. The van der Waals surface area contributed by atoms with Crippen LogP contribution in [0.5, 0.6) is 17.2 Å². The van der Waals surface area contributed by atoms with Crippen LogP contribution in [0.4, 0.5) is 11.4 Å². The van der Waals surface area contributed by atoms with Crippen molar-refractivity contribution in [1.29, 1.82) is 0 Å². The van der Waals surface area contributed by atoms with Gasteiger partial charge < -0.3 is 24.3 Å². The summed E-state index contributed by atoms with van der Waals surface area (Å²) in [4.78, 5) is 34.3. The molecule has 0 aliphatic carbocycles. The fourth-order valence-corrected chi connectivity index (χ4v) is 2.45. The highest BCUT2D eigenvalue weighted by molar-refractivity contribution is 5.94. The van der Waals surface area contributed by atoms with Crippen LogP contribution in [0.15, 0.2) is 42.5 Å². The Kier molecular flexibility index (Phi) is 5.93. The average Bonchev–Trinajstić information content (AvgIpc) is 3.18. The molecule has 0 fully saturated rings. The Bertz CT molecular complexity index is 969. The number of hydrogen-bond donors (Lipinski definition) is 1. The summed E-state index contributed by atoms with van der Waals surface area (Å²) < 4.78 is 20.1. The Morgan fingerprint density at radius 1 is 1.21 bits per heavy atom. The van der Waals surface area contributed by atoms with E-state index in [0.717, 1.165) is 6.08 Å². The van der Waals surface area contributed by atoms with Gasteiger partial charge in [0, 0.05) is 11.8 Å². The molecule has 2 aromatic carbocycles. The van der Waals surface area contributed by atoms with E-state index in [1.165, 1.54) is 25.3 Å². The Hall–Kier alpha value is -4.08. The SMILES string of the molecule is COc1ccc(NC(=O)COC(=O)/C=C/c2cc3c(cc2[N+](=O)[O-])OCO3)cc1. The third-order valence-corrected chi connectivity index (χ3v) is 3.84. The molecule has 1 N–H and O–H groups in total. The van der Waals surface area contributed by atoms with Crippen molar-refractivity contribution in [3.8, 4) is 17.2 Å². The molecule has 1 heterocycles. The summed E-state index contributed by atoms with van der Waals surface area (Å²) in [5.74, 6) is -0.140. The summed E-state index contributed by atoms with van der Waals surface area (Å²) in [6, 6.07) is 9.22. The van der Waals surface area contributed by atoms with Gasteiger partial charge in [-0.15, -0.1) is 0 Å². The Labute approximate surface area is 164 Å². The summed E-state index contributed by atoms with van der Waals surface area (Å²) in [5.41, 5.74) is 0.396. The second kappa shape index (κ2) is 8.74. The van der Waals surface area contributed by atoms with Crippen LogP contribution < -0.4 is 19.5 Å². The number of methoxy groups -OCH3 is 1. The maximum absolute atomic E-state index is 11.9. The van der Waals surface area contributed by atoms with Crippen molar-refractivity contribution in [2.75, 3.05) is 25.8 Å². The van der Waals surface area contributed by atoms with Crippen LogP contribution in [0.1, 0.15) is 5.56 Å². The third kappa shape index (κ3) is 5.01. The van der Waals surface area contributed by atoms with Gasteiger partial charge in [0.2, 0.25) is 6.79 Å². The van der Waals surface area contributed by atoms with Crippen molar-refractivity contribution in [3.63, 3.8) is 0 Å². The van der Waals surface area contributed by atoms with E-state index in [1.54, 1.807) is 24.3 Å². The van der Waals surface area contributed by atoms with Crippen LogP contribution >= 0.6 is 0 Å². The van der Waals surface area contributed by atoms with Crippen molar-refractivity contribution < 1.29 is 33.5 Å². The Morgan fingerprint density at radius 2 is 1.90 bits per heavy atom. The second-order valence-corrected chi connectivity index (χ2v) is 5.74. The van der Waals surface area contributed by atoms with Crippen LogP contribution in [0, 0.1) is 10.1 Å². The highest BCUT2D eigenvalue weighted by Gasteiger charge is 2.22. The zero-order valence-corrected chi connectivity index (χ0v) is 15.2. The number of carbonyl (C=O) groups excluding carboxylic acids is 2. The number of nitrogens with zero attached hydrogens (tertiary/aromatic N) is 1. The van der Waals surface area contributed by atoms with E-state index in [2.05, 4.69) is 5.32 Å². The lowest BCUT2D eigenvalue weighted by Gasteiger charge is -2.06. The predicted molar refractivity (Wildman–Crippen MR) is 101 cm³/mol. The first-order chi connectivity index (χ1) is 14.0. The number of fused-ring (bicyclic) bond motifs is 1.